The molecule has 0 amide bonds. The molecule has 0 radical (unpaired) electrons. The Kier molecular flexibility index (Phi) is 4.85. The second-order valence-electron chi connectivity index (χ2n) is 6.51. The normalized spacial score (nSPS) is 15.7. The quantitative estimate of drug-likeness (QED) is 0.679. The van der Waals surface area contributed by atoms with Crippen molar-refractivity contribution >= 4 is 16.7 Å². The summed E-state index contributed by atoms with van der Waals surface area (Å²) < 4.78 is 31.0. The fourth-order valence-electron chi connectivity index (χ4n) is 3.29. The van der Waals surface area contributed by atoms with Gasteiger partial charge in [0.15, 0.2) is 5.58 Å². The minimum absolute atomic E-state index is 0.510. The summed E-state index contributed by atoms with van der Waals surface area (Å²) in [7, 11) is 0. The summed E-state index contributed by atoms with van der Waals surface area (Å²) in [5.74, 6) is 0. The SMILES string of the molecule is O=c1cc(N2CCN(Cc3noc4ccccc34)CC2)cnn1CC(F)F. The number of fused-ring (bicyclic) bond motifs is 1. The van der Waals surface area contributed by atoms with E-state index >= 15 is 0 Å². The van der Waals surface area contributed by atoms with Gasteiger partial charge < -0.3 is 9.42 Å². The van der Waals surface area contributed by atoms with Gasteiger partial charge in [0.1, 0.15) is 12.2 Å². The topological polar surface area (TPSA) is 67.4 Å². The minimum Gasteiger partial charge on any atom is -0.368 e. The van der Waals surface area contributed by atoms with E-state index in [0.717, 1.165) is 47.5 Å². The molecule has 142 valence electrons. The first-order chi connectivity index (χ1) is 13.1. The molecule has 7 nitrogen and oxygen atoms in total. The van der Waals surface area contributed by atoms with Crippen molar-refractivity contribution < 1.29 is 13.3 Å². The monoisotopic (exact) mass is 375 g/mol. The number of halogens is 2. The summed E-state index contributed by atoms with van der Waals surface area (Å²) in [6.07, 6.45) is -1.12. The number of aromatic nitrogens is 3. The van der Waals surface area contributed by atoms with Crippen molar-refractivity contribution in [1.82, 2.24) is 19.8 Å². The Bertz CT molecular complexity index is 979. The van der Waals surface area contributed by atoms with Crippen molar-refractivity contribution in [3.05, 3.63) is 52.6 Å². The number of benzene rings is 1. The molecular weight excluding hydrogens is 356 g/mol. The van der Waals surface area contributed by atoms with Gasteiger partial charge in [0.05, 0.1) is 11.9 Å². The van der Waals surface area contributed by atoms with Gasteiger partial charge in [-0.15, -0.1) is 0 Å². The van der Waals surface area contributed by atoms with Crippen LogP contribution in [0, 0.1) is 0 Å². The number of rotatable bonds is 5. The molecule has 1 saturated heterocycles. The van der Waals surface area contributed by atoms with Gasteiger partial charge >= 0.3 is 0 Å². The molecule has 0 spiro atoms. The molecule has 3 aromatic rings. The fourth-order valence-corrected chi connectivity index (χ4v) is 3.29. The van der Waals surface area contributed by atoms with Crippen LogP contribution in [0.4, 0.5) is 14.5 Å². The summed E-state index contributed by atoms with van der Waals surface area (Å²) in [6.45, 7) is 3.03. The zero-order chi connectivity index (χ0) is 18.8. The van der Waals surface area contributed by atoms with E-state index in [2.05, 4.69) is 15.2 Å². The average molecular weight is 375 g/mol. The van der Waals surface area contributed by atoms with Gasteiger partial charge in [-0.05, 0) is 12.1 Å². The van der Waals surface area contributed by atoms with Gasteiger partial charge in [0, 0.05) is 44.2 Å². The van der Waals surface area contributed by atoms with Crippen LogP contribution < -0.4 is 10.5 Å². The third-order valence-electron chi connectivity index (χ3n) is 4.73. The molecule has 1 aliphatic rings. The highest BCUT2D eigenvalue weighted by molar-refractivity contribution is 5.79. The summed E-state index contributed by atoms with van der Waals surface area (Å²) in [5.41, 5.74) is 1.85. The molecule has 0 unspecified atom stereocenters. The zero-order valence-electron chi connectivity index (χ0n) is 14.6. The number of hydrogen-bond acceptors (Lipinski definition) is 6. The second kappa shape index (κ2) is 7.43. The van der Waals surface area contributed by atoms with Crippen molar-refractivity contribution in [2.75, 3.05) is 31.1 Å². The smallest absolute Gasteiger partial charge is 0.269 e. The molecule has 2 aromatic heterocycles. The summed E-state index contributed by atoms with van der Waals surface area (Å²) in [5, 5.41) is 9.04. The number of hydrogen-bond donors (Lipinski definition) is 0. The van der Waals surface area contributed by atoms with Gasteiger partial charge in [-0.1, -0.05) is 17.3 Å². The fraction of sp³-hybridized carbons (Fsp3) is 0.389. The third-order valence-corrected chi connectivity index (χ3v) is 4.73. The molecule has 0 atom stereocenters. The van der Waals surface area contributed by atoms with Crippen LogP contribution >= 0.6 is 0 Å². The number of para-hydroxylation sites is 1. The number of piperazine rings is 1. The number of nitrogens with zero attached hydrogens (tertiary/aromatic N) is 5. The van der Waals surface area contributed by atoms with Crippen LogP contribution in [0.15, 0.2) is 45.8 Å². The molecule has 0 bridgehead atoms. The lowest BCUT2D eigenvalue weighted by molar-refractivity contribution is 0.119. The number of anilines is 1. The maximum absolute atomic E-state index is 12.4. The summed E-state index contributed by atoms with van der Waals surface area (Å²) in [4.78, 5) is 16.2. The molecule has 0 aliphatic carbocycles. The second-order valence-corrected chi connectivity index (χ2v) is 6.51. The molecular formula is C18H19F2N5O2. The molecule has 1 aromatic carbocycles. The molecule has 1 fully saturated rings. The van der Waals surface area contributed by atoms with Crippen LogP contribution in [-0.4, -0.2) is 52.4 Å². The highest BCUT2D eigenvalue weighted by Crippen LogP contribution is 2.20. The Hall–Kier alpha value is -2.81. The van der Waals surface area contributed by atoms with E-state index in [9.17, 15) is 13.6 Å². The minimum atomic E-state index is -2.60. The molecule has 9 heteroatoms. The number of alkyl halides is 2. The van der Waals surface area contributed by atoms with Crippen molar-refractivity contribution in [3.8, 4) is 0 Å². The lowest BCUT2D eigenvalue weighted by Crippen LogP contribution is -2.46. The van der Waals surface area contributed by atoms with Gasteiger partial charge in [0.25, 0.3) is 12.0 Å². The molecule has 0 N–H and O–H groups in total. The maximum Gasteiger partial charge on any atom is 0.269 e. The predicted octanol–water partition coefficient (Wildman–Crippen LogP) is 1.97. The lowest BCUT2D eigenvalue weighted by Gasteiger charge is -2.35. The Morgan fingerprint density at radius 1 is 1.15 bits per heavy atom. The van der Waals surface area contributed by atoms with E-state index in [1.807, 2.05) is 29.2 Å². The van der Waals surface area contributed by atoms with Crippen LogP contribution in [0.25, 0.3) is 11.0 Å². The average Bonchev–Trinajstić information content (AvgIpc) is 3.07. The zero-order valence-corrected chi connectivity index (χ0v) is 14.6. The van der Waals surface area contributed by atoms with Gasteiger partial charge in [-0.2, -0.15) is 5.10 Å². The van der Waals surface area contributed by atoms with Gasteiger partial charge in [-0.25, -0.2) is 13.5 Å². The third kappa shape index (κ3) is 3.82. The Morgan fingerprint density at radius 3 is 2.67 bits per heavy atom. The van der Waals surface area contributed by atoms with E-state index in [4.69, 9.17) is 4.52 Å². The maximum atomic E-state index is 12.4. The van der Waals surface area contributed by atoms with Crippen molar-refractivity contribution in [2.45, 2.75) is 19.5 Å². The van der Waals surface area contributed by atoms with Crippen LogP contribution in [0.5, 0.6) is 0 Å². The van der Waals surface area contributed by atoms with Gasteiger partial charge in [0.2, 0.25) is 0 Å². The molecule has 27 heavy (non-hydrogen) atoms. The molecule has 1 aliphatic heterocycles. The molecule has 4 rings (SSSR count). The van der Waals surface area contributed by atoms with E-state index in [-0.39, 0.29) is 0 Å². The standard InChI is InChI=1S/C18H19F2N5O2/c19-17(20)12-25-18(26)9-13(10-21-25)24-7-5-23(6-8-24)11-15-14-3-1-2-4-16(14)27-22-15/h1-4,9-10,17H,5-8,11-12H2. The largest absolute Gasteiger partial charge is 0.368 e. The first-order valence-corrected chi connectivity index (χ1v) is 8.76. The molecule has 0 saturated carbocycles. The summed E-state index contributed by atoms with van der Waals surface area (Å²) in [6, 6.07) is 9.14. The van der Waals surface area contributed by atoms with E-state index in [1.54, 1.807) is 0 Å². The highest BCUT2D eigenvalue weighted by atomic mass is 19.3. The van der Waals surface area contributed by atoms with Crippen LogP contribution in [-0.2, 0) is 13.1 Å². The van der Waals surface area contributed by atoms with Gasteiger partial charge in [-0.3, -0.25) is 9.69 Å². The van der Waals surface area contributed by atoms with Crippen LogP contribution in [0.1, 0.15) is 5.69 Å². The highest BCUT2D eigenvalue weighted by Gasteiger charge is 2.20. The van der Waals surface area contributed by atoms with Crippen LogP contribution in [0.2, 0.25) is 0 Å². The Labute approximate surface area is 153 Å². The first kappa shape index (κ1) is 17.6. The van der Waals surface area contributed by atoms with Crippen molar-refractivity contribution in [2.24, 2.45) is 0 Å². The first-order valence-electron chi connectivity index (χ1n) is 8.76. The van der Waals surface area contributed by atoms with Crippen molar-refractivity contribution in [3.63, 3.8) is 0 Å². The van der Waals surface area contributed by atoms with Crippen LogP contribution in [0.3, 0.4) is 0 Å². The lowest BCUT2D eigenvalue weighted by atomic mass is 10.2. The summed E-state index contributed by atoms with van der Waals surface area (Å²) >= 11 is 0. The Balaban J connectivity index is 1.39. The Morgan fingerprint density at radius 2 is 1.93 bits per heavy atom. The van der Waals surface area contributed by atoms with E-state index in [1.165, 1.54) is 12.3 Å². The van der Waals surface area contributed by atoms with Crippen molar-refractivity contribution in [1.29, 1.82) is 0 Å². The van der Waals surface area contributed by atoms with E-state index < -0.39 is 18.5 Å². The molecule has 3 heterocycles. The predicted molar refractivity (Wildman–Crippen MR) is 96.0 cm³/mol. The van der Waals surface area contributed by atoms with E-state index in [0.29, 0.717) is 12.2 Å².